The van der Waals surface area contributed by atoms with E-state index in [0.717, 1.165) is 28.3 Å². The zero-order valence-electron chi connectivity index (χ0n) is 7.57. The second-order valence-electron chi connectivity index (χ2n) is 2.93. The van der Waals surface area contributed by atoms with Crippen LogP contribution in [-0.4, -0.2) is 21.0 Å². The van der Waals surface area contributed by atoms with Crippen LogP contribution in [0.15, 0.2) is 10.7 Å². The molecule has 0 N–H and O–H groups in total. The Kier molecular flexibility index (Phi) is 5.75. The van der Waals surface area contributed by atoms with Gasteiger partial charge in [0.2, 0.25) is 0 Å². The van der Waals surface area contributed by atoms with E-state index in [1.807, 2.05) is 0 Å². The number of aromatic nitrogens is 2. The molecule has 5 heteroatoms. The largest absolute Gasteiger partial charge is 0.216 e. The Labute approximate surface area is 92.3 Å². The van der Waals surface area contributed by atoms with Gasteiger partial charge in [-0.25, -0.2) is 4.98 Å². The molecule has 0 bridgehead atoms. The quantitative estimate of drug-likeness (QED) is 0.560. The van der Waals surface area contributed by atoms with Crippen molar-refractivity contribution >= 4 is 34.9 Å². The minimum Gasteiger partial charge on any atom is -0.216 e. The van der Waals surface area contributed by atoms with Gasteiger partial charge in [0.15, 0.2) is 4.34 Å². The van der Waals surface area contributed by atoms with E-state index < -0.39 is 0 Å². The van der Waals surface area contributed by atoms with Gasteiger partial charge in [0.05, 0.1) is 0 Å². The molecular formula is C8H13ClN2S2. The van der Waals surface area contributed by atoms with Crippen molar-refractivity contribution in [3.63, 3.8) is 0 Å². The number of thioether (sulfide) groups is 1. The Bertz CT molecular complexity index is 216. The smallest absolute Gasteiger partial charge is 0.169 e. The summed E-state index contributed by atoms with van der Waals surface area (Å²) in [6.07, 6.45) is 3.92. The minimum atomic E-state index is 0.720. The zero-order chi connectivity index (χ0) is 9.52. The lowest BCUT2D eigenvalue weighted by Crippen LogP contribution is -1.96. The SMILES string of the molecule is CC(CCCl)CCSc1ncns1. The van der Waals surface area contributed by atoms with Gasteiger partial charge in [-0.15, -0.1) is 11.6 Å². The first-order chi connectivity index (χ1) is 6.33. The molecule has 0 aliphatic rings. The molecule has 0 aliphatic carbocycles. The molecule has 0 radical (unpaired) electrons. The maximum atomic E-state index is 5.65. The highest BCUT2D eigenvalue weighted by Crippen LogP contribution is 2.21. The van der Waals surface area contributed by atoms with Crippen molar-refractivity contribution in [3.05, 3.63) is 6.33 Å². The van der Waals surface area contributed by atoms with Gasteiger partial charge in [0.25, 0.3) is 0 Å². The van der Waals surface area contributed by atoms with Crippen LogP contribution in [0.5, 0.6) is 0 Å². The second-order valence-corrected chi connectivity index (χ2v) is 5.43. The number of rotatable bonds is 6. The molecule has 0 saturated carbocycles. The van der Waals surface area contributed by atoms with Crippen molar-refractivity contribution in [2.24, 2.45) is 5.92 Å². The maximum absolute atomic E-state index is 5.65. The molecule has 1 heterocycles. The lowest BCUT2D eigenvalue weighted by atomic mass is 10.1. The van der Waals surface area contributed by atoms with Crippen LogP contribution in [0.2, 0.25) is 0 Å². The molecule has 1 unspecified atom stereocenters. The fourth-order valence-electron chi connectivity index (χ4n) is 0.905. The number of nitrogens with zero attached hydrogens (tertiary/aromatic N) is 2. The molecule has 2 nitrogen and oxygen atoms in total. The summed E-state index contributed by atoms with van der Waals surface area (Å²) in [4.78, 5) is 4.10. The van der Waals surface area contributed by atoms with Crippen LogP contribution in [0.3, 0.4) is 0 Å². The molecule has 74 valence electrons. The van der Waals surface area contributed by atoms with E-state index in [1.54, 1.807) is 18.1 Å². The average Bonchev–Trinajstić information content (AvgIpc) is 2.57. The Balaban J connectivity index is 2.07. The van der Waals surface area contributed by atoms with Crippen molar-refractivity contribution in [1.29, 1.82) is 0 Å². The number of halogens is 1. The minimum absolute atomic E-state index is 0.720. The van der Waals surface area contributed by atoms with E-state index in [4.69, 9.17) is 11.6 Å². The normalized spacial score (nSPS) is 13.1. The van der Waals surface area contributed by atoms with Gasteiger partial charge < -0.3 is 0 Å². The molecule has 1 rings (SSSR count). The molecule has 0 fully saturated rings. The molecule has 0 saturated heterocycles. The van der Waals surface area contributed by atoms with E-state index in [0.29, 0.717) is 0 Å². The molecule has 0 spiro atoms. The summed E-state index contributed by atoms with van der Waals surface area (Å²) in [5.74, 6) is 2.61. The second kappa shape index (κ2) is 6.62. The summed E-state index contributed by atoms with van der Waals surface area (Å²) >= 11 is 8.89. The third-order valence-corrected chi connectivity index (χ3v) is 3.83. The summed E-state index contributed by atoms with van der Waals surface area (Å²) in [7, 11) is 0. The van der Waals surface area contributed by atoms with Crippen molar-refractivity contribution in [2.45, 2.75) is 24.1 Å². The Morgan fingerprint density at radius 3 is 3.08 bits per heavy atom. The first-order valence-electron chi connectivity index (χ1n) is 4.28. The standard InChI is InChI=1S/C8H13ClN2S2/c1-7(2-4-9)3-5-12-8-10-6-11-13-8/h6-7H,2-5H2,1H3. The molecule has 13 heavy (non-hydrogen) atoms. The highest BCUT2D eigenvalue weighted by atomic mass is 35.5. The van der Waals surface area contributed by atoms with Gasteiger partial charge in [-0.1, -0.05) is 18.7 Å². The third kappa shape index (κ3) is 4.84. The fraction of sp³-hybridized carbons (Fsp3) is 0.750. The fourth-order valence-corrected chi connectivity index (χ4v) is 2.96. The topological polar surface area (TPSA) is 25.8 Å². The lowest BCUT2D eigenvalue weighted by Gasteiger charge is -2.06. The average molecular weight is 237 g/mol. The lowest BCUT2D eigenvalue weighted by molar-refractivity contribution is 0.552. The van der Waals surface area contributed by atoms with Gasteiger partial charge in [0, 0.05) is 11.6 Å². The molecule has 1 aromatic heterocycles. The Morgan fingerprint density at radius 1 is 1.62 bits per heavy atom. The first-order valence-corrected chi connectivity index (χ1v) is 6.57. The van der Waals surface area contributed by atoms with E-state index >= 15 is 0 Å². The highest BCUT2D eigenvalue weighted by Gasteiger charge is 2.02. The number of hydrogen-bond acceptors (Lipinski definition) is 4. The highest BCUT2D eigenvalue weighted by molar-refractivity contribution is 8.00. The molecule has 1 aromatic rings. The van der Waals surface area contributed by atoms with E-state index in [-0.39, 0.29) is 0 Å². The predicted molar refractivity (Wildman–Crippen MR) is 59.8 cm³/mol. The molecular weight excluding hydrogens is 224 g/mol. The van der Waals surface area contributed by atoms with Gasteiger partial charge in [0.1, 0.15) is 6.33 Å². The van der Waals surface area contributed by atoms with Crippen LogP contribution in [0.1, 0.15) is 19.8 Å². The van der Waals surface area contributed by atoms with Crippen LogP contribution in [-0.2, 0) is 0 Å². The van der Waals surface area contributed by atoms with Crippen LogP contribution >= 0.6 is 34.9 Å². The van der Waals surface area contributed by atoms with E-state index in [9.17, 15) is 0 Å². The number of alkyl halides is 1. The molecule has 1 atom stereocenters. The summed E-state index contributed by atoms with van der Waals surface area (Å²) in [6.45, 7) is 2.24. The van der Waals surface area contributed by atoms with Crippen LogP contribution < -0.4 is 0 Å². The predicted octanol–water partition coefficient (Wildman–Crippen LogP) is 3.29. The van der Waals surface area contributed by atoms with Crippen molar-refractivity contribution in [1.82, 2.24) is 9.36 Å². The van der Waals surface area contributed by atoms with Crippen LogP contribution in [0.4, 0.5) is 0 Å². The van der Waals surface area contributed by atoms with Crippen molar-refractivity contribution < 1.29 is 0 Å². The van der Waals surface area contributed by atoms with Gasteiger partial charge in [-0.3, -0.25) is 0 Å². The third-order valence-electron chi connectivity index (χ3n) is 1.78. The van der Waals surface area contributed by atoms with Gasteiger partial charge in [-0.2, -0.15) is 4.37 Å². The van der Waals surface area contributed by atoms with Crippen LogP contribution in [0.25, 0.3) is 0 Å². The monoisotopic (exact) mass is 236 g/mol. The zero-order valence-corrected chi connectivity index (χ0v) is 9.96. The summed E-state index contributed by atoms with van der Waals surface area (Å²) < 4.78 is 5.01. The van der Waals surface area contributed by atoms with Crippen LogP contribution in [0, 0.1) is 5.92 Å². The van der Waals surface area contributed by atoms with Gasteiger partial charge >= 0.3 is 0 Å². The summed E-state index contributed by atoms with van der Waals surface area (Å²) in [5, 5.41) is 0. The molecule has 0 aliphatic heterocycles. The van der Waals surface area contributed by atoms with Crippen molar-refractivity contribution in [3.8, 4) is 0 Å². The molecule has 0 amide bonds. The summed E-state index contributed by atoms with van der Waals surface area (Å²) in [5.41, 5.74) is 0. The maximum Gasteiger partial charge on any atom is 0.169 e. The summed E-state index contributed by atoms with van der Waals surface area (Å²) in [6, 6.07) is 0. The first kappa shape index (κ1) is 11.3. The Hall–Kier alpha value is 0.200. The van der Waals surface area contributed by atoms with Crippen molar-refractivity contribution in [2.75, 3.05) is 11.6 Å². The number of hydrogen-bond donors (Lipinski definition) is 0. The van der Waals surface area contributed by atoms with E-state index in [1.165, 1.54) is 18.0 Å². The van der Waals surface area contributed by atoms with Gasteiger partial charge in [-0.05, 0) is 30.3 Å². The molecule has 0 aromatic carbocycles. The van der Waals surface area contributed by atoms with E-state index in [2.05, 4.69) is 16.3 Å². The Morgan fingerprint density at radius 2 is 2.46 bits per heavy atom.